The molecule has 1 fully saturated rings. The number of nitrogens with zero attached hydrogens (tertiary/aromatic N) is 2. The van der Waals surface area contributed by atoms with Crippen LogP contribution < -0.4 is 0 Å². The Hall–Kier alpha value is -1.91. The van der Waals surface area contributed by atoms with Gasteiger partial charge in [0.2, 0.25) is 0 Å². The minimum atomic E-state index is -0.833. The number of rotatable bonds is 3. The number of aryl methyl sites for hydroxylation is 1. The SMILES string of the molecule is CCc1ccnc(C(=O)N2CCC(C(=O)O)C2)c1. The number of carbonyl (C=O) groups is 2. The number of likely N-dealkylation sites (tertiary alicyclic amines) is 1. The summed E-state index contributed by atoms with van der Waals surface area (Å²) in [6.07, 6.45) is 2.99. The van der Waals surface area contributed by atoms with Crippen molar-refractivity contribution in [3.05, 3.63) is 29.6 Å². The lowest BCUT2D eigenvalue weighted by molar-refractivity contribution is -0.141. The molecule has 0 bridgehead atoms. The van der Waals surface area contributed by atoms with Gasteiger partial charge in [0.1, 0.15) is 5.69 Å². The number of pyridine rings is 1. The Kier molecular flexibility index (Phi) is 3.60. The first-order valence-corrected chi connectivity index (χ1v) is 6.08. The maximum absolute atomic E-state index is 12.2. The van der Waals surface area contributed by atoms with Crippen molar-refractivity contribution in [2.45, 2.75) is 19.8 Å². The van der Waals surface area contributed by atoms with Gasteiger partial charge in [0.25, 0.3) is 5.91 Å². The van der Waals surface area contributed by atoms with Gasteiger partial charge in [-0.25, -0.2) is 0 Å². The molecule has 0 spiro atoms. The highest BCUT2D eigenvalue weighted by Gasteiger charge is 2.31. The first kappa shape index (κ1) is 12.5. The maximum atomic E-state index is 12.2. The number of carboxylic acid groups (broad SMARTS) is 1. The lowest BCUT2D eigenvalue weighted by atomic mass is 10.1. The average molecular weight is 248 g/mol. The van der Waals surface area contributed by atoms with E-state index in [1.165, 1.54) is 0 Å². The van der Waals surface area contributed by atoms with Gasteiger partial charge in [-0.2, -0.15) is 0 Å². The second-order valence-electron chi connectivity index (χ2n) is 4.48. The maximum Gasteiger partial charge on any atom is 0.308 e. The zero-order valence-electron chi connectivity index (χ0n) is 10.3. The number of carboxylic acids is 1. The summed E-state index contributed by atoms with van der Waals surface area (Å²) < 4.78 is 0. The molecule has 1 amide bonds. The molecule has 18 heavy (non-hydrogen) atoms. The molecule has 1 aliphatic rings. The quantitative estimate of drug-likeness (QED) is 0.872. The van der Waals surface area contributed by atoms with Crippen LogP contribution in [0, 0.1) is 5.92 Å². The standard InChI is InChI=1S/C13H16N2O3/c1-2-9-3-5-14-11(7-9)12(16)15-6-4-10(8-15)13(17)18/h3,5,7,10H,2,4,6,8H2,1H3,(H,17,18). The largest absolute Gasteiger partial charge is 0.481 e. The summed E-state index contributed by atoms with van der Waals surface area (Å²) in [6, 6.07) is 3.65. The lowest BCUT2D eigenvalue weighted by Gasteiger charge is -2.15. The molecular formula is C13H16N2O3. The zero-order chi connectivity index (χ0) is 13.1. The van der Waals surface area contributed by atoms with E-state index >= 15 is 0 Å². The van der Waals surface area contributed by atoms with Crippen molar-refractivity contribution in [3.63, 3.8) is 0 Å². The predicted molar refractivity (Wildman–Crippen MR) is 65.3 cm³/mol. The normalized spacial score (nSPS) is 18.9. The van der Waals surface area contributed by atoms with E-state index in [1.807, 2.05) is 13.0 Å². The van der Waals surface area contributed by atoms with E-state index in [1.54, 1.807) is 17.2 Å². The Labute approximate surface area is 105 Å². The molecule has 1 unspecified atom stereocenters. The van der Waals surface area contributed by atoms with Crippen LogP contribution in [0.15, 0.2) is 18.3 Å². The smallest absolute Gasteiger partial charge is 0.308 e. The number of aromatic nitrogens is 1. The Balaban J connectivity index is 2.10. The molecule has 96 valence electrons. The number of hydrogen-bond donors (Lipinski definition) is 1. The van der Waals surface area contributed by atoms with Crippen LogP contribution in [0.3, 0.4) is 0 Å². The molecule has 5 nitrogen and oxygen atoms in total. The summed E-state index contributed by atoms with van der Waals surface area (Å²) in [5.41, 5.74) is 1.46. The van der Waals surface area contributed by atoms with E-state index in [-0.39, 0.29) is 12.5 Å². The van der Waals surface area contributed by atoms with Gasteiger partial charge >= 0.3 is 5.97 Å². The average Bonchev–Trinajstić information content (AvgIpc) is 2.87. The van der Waals surface area contributed by atoms with Crippen molar-refractivity contribution in [2.75, 3.05) is 13.1 Å². The number of aliphatic carboxylic acids is 1. The number of amides is 1. The molecule has 2 heterocycles. The lowest BCUT2D eigenvalue weighted by Crippen LogP contribution is -2.30. The van der Waals surface area contributed by atoms with Crippen molar-refractivity contribution in [3.8, 4) is 0 Å². The summed E-state index contributed by atoms with van der Waals surface area (Å²) in [5, 5.41) is 8.91. The van der Waals surface area contributed by atoms with Gasteiger partial charge in [-0.05, 0) is 30.5 Å². The summed E-state index contributed by atoms with van der Waals surface area (Å²) >= 11 is 0. The van der Waals surface area contributed by atoms with E-state index in [4.69, 9.17) is 5.11 Å². The first-order valence-electron chi connectivity index (χ1n) is 6.08. The molecule has 0 radical (unpaired) electrons. The van der Waals surface area contributed by atoms with E-state index in [2.05, 4.69) is 4.98 Å². The van der Waals surface area contributed by atoms with Gasteiger partial charge in [0, 0.05) is 19.3 Å². The van der Waals surface area contributed by atoms with Crippen LogP contribution in [0.1, 0.15) is 29.4 Å². The summed E-state index contributed by atoms with van der Waals surface area (Å²) in [6.45, 7) is 2.79. The van der Waals surface area contributed by atoms with Crippen LogP contribution in [0.4, 0.5) is 0 Å². The Morgan fingerprint density at radius 2 is 2.33 bits per heavy atom. The van der Waals surface area contributed by atoms with Gasteiger partial charge in [-0.1, -0.05) is 6.92 Å². The molecule has 0 aromatic carbocycles. The van der Waals surface area contributed by atoms with Crippen molar-refractivity contribution in [1.82, 2.24) is 9.88 Å². The molecule has 2 rings (SSSR count). The molecule has 1 atom stereocenters. The van der Waals surface area contributed by atoms with E-state index in [0.29, 0.717) is 18.7 Å². The second-order valence-corrected chi connectivity index (χ2v) is 4.48. The Morgan fingerprint density at radius 1 is 1.56 bits per heavy atom. The summed E-state index contributed by atoms with van der Waals surface area (Å²) in [4.78, 5) is 28.6. The first-order chi connectivity index (χ1) is 8.61. The third kappa shape index (κ3) is 2.50. The van der Waals surface area contributed by atoms with E-state index in [0.717, 1.165) is 12.0 Å². The number of hydrogen-bond acceptors (Lipinski definition) is 3. The molecule has 1 aromatic heterocycles. The fourth-order valence-electron chi connectivity index (χ4n) is 2.12. The second kappa shape index (κ2) is 5.16. The van der Waals surface area contributed by atoms with Gasteiger partial charge in [-0.3, -0.25) is 14.6 Å². The summed E-state index contributed by atoms with van der Waals surface area (Å²) in [7, 11) is 0. The van der Waals surface area contributed by atoms with E-state index < -0.39 is 11.9 Å². The van der Waals surface area contributed by atoms with Crippen molar-refractivity contribution < 1.29 is 14.7 Å². The van der Waals surface area contributed by atoms with Gasteiger partial charge in [0.15, 0.2) is 0 Å². The van der Waals surface area contributed by atoms with Gasteiger partial charge < -0.3 is 10.0 Å². The van der Waals surface area contributed by atoms with Crippen LogP contribution in [0.25, 0.3) is 0 Å². The topological polar surface area (TPSA) is 70.5 Å². The monoisotopic (exact) mass is 248 g/mol. The molecule has 1 aliphatic heterocycles. The van der Waals surface area contributed by atoms with Crippen molar-refractivity contribution in [1.29, 1.82) is 0 Å². The minimum Gasteiger partial charge on any atom is -0.481 e. The van der Waals surface area contributed by atoms with Crippen LogP contribution in [0.5, 0.6) is 0 Å². The fraction of sp³-hybridized carbons (Fsp3) is 0.462. The highest BCUT2D eigenvalue weighted by atomic mass is 16.4. The fourth-order valence-corrected chi connectivity index (χ4v) is 2.12. The van der Waals surface area contributed by atoms with Crippen molar-refractivity contribution in [2.24, 2.45) is 5.92 Å². The molecule has 0 saturated carbocycles. The van der Waals surface area contributed by atoms with Crippen LogP contribution in [0.2, 0.25) is 0 Å². The molecule has 5 heteroatoms. The highest BCUT2D eigenvalue weighted by molar-refractivity contribution is 5.93. The van der Waals surface area contributed by atoms with Crippen LogP contribution in [-0.4, -0.2) is 40.0 Å². The minimum absolute atomic E-state index is 0.172. The third-order valence-corrected chi connectivity index (χ3v) is 3.28. The number of carbonyl (C=O) groups excluding carboxylic acids is 1. The molecular weight excluding hydrogens is 232 g/mol. The highest BCUT2D eigenvalue weighted by Crippen LogP contribution is 2.18. The van der Waals surface area contributed by atoms with Crippen molar-refractivity contribution >= 4 is 11.9 Å². The Morgan fingerprint density at radius 3 is 2.94 bits per heavy atom. The van der Waals surface area contributed by atoms with Gasteiger partial charge in [-0.15, -0.1) is 0 Å². The molecule has 0 aliphatic carbocycles. The summed E-state index contributed by atoms with van der Waals surface area (Å²) in [5.74, 6) is -1.45. The molecule has 1 aromatic rings. The Bertz CT molecular complexity index is 473. The predicted octanol–water partition coefficient (Wildman–Crippen LogP) is 1.19. The zero-order valence-corrected chi connectivity index (χ0v) is 10.3. The molecule has 1 N–H and O–H groups in total. The van der Waals surface area contributed by atoms with Crippen LogP contribution in [-0.2, 0) is 11.2 Å². The van der Waals surface area contributed by atoms with Gasteiger partial charge in [0.05, 0.1) is 5.92 Å². The molecule has 1 saturated heterocycles. The van der Waals surface area contributed by atoms with E-state index in [9.17, 15) is 9.59 Å². The third-order valence-electron chi connectivity index (χ3n) is 3.28. The van der Waals surface area contributed by atoms with Crippen LogP contribution >= 0.6 is 0 Å².